The molecule has 0 bridgehead atoms. The van der Waals surface area contributed by atoms with E-state index in [4.69, 9.17) is 4.74 Å². The van der Waals surface area contributed by atoms with Gasteiger partial charge in [-0.15, -0.1) is 0 Å². The van der Waals surface area contributed by atoms with Gasteiger partial charge in [0.1, 0.15) is 5.82 Å². The van der Waals surface area contributed by atoms with Crippen LogP contribution in [0.3, 0.4) is 0 Å². The zero-order valence-electron chi connectivity index (χ0n) is 11.6. The number of hydrogen-bond acceptors (Lipinski definition) is 3. The number of nitrogens with one attached hydrogen (secondary N) is 1. The van der Waals surface area contributed by atoms with Gasteiger partial charge >= 0.3 is 6.03 Å². The zero-order valence-corrected chi connectivity index (χ0v) is 11.6. The number of ether oxygens (including phenoxy) is 1. The van der Waals surface area contributed by atoms with Gasteiger partial charge in [0.15, 0.2) is 0 Å². The lowest BCUT2D eigenvalue weighted by molar-refractivity contribution is 0.00221. The minimum atomic E-state index is -0.471. The van der Waals surface area contributed by atoms with Crippen molar-refractivity contribution in [2.24, 2.45) is 0 Å². The van der Waals surface area contributed by atoms with E-state index in [1.54, 1.807) is 4.90 Å². The summed E-state index contributed by atoms with van der Waals surface area (Å²) in [6.45, 7) is 3.81. The summed E-state index contributed by atoms with van der Waals surface area (Å²) >= 11 is 0. The number of rotatable bonds is 4. The molecule has 2 amide bonds. The maximum absolute atomic E-state index is 13.0. The number of carbonyl (C=O) groups is 1. The van der Waals surface area contributed by atoms with Gasteiger partial charge in [-0.2, -0.15) is 0 Å². The van der Waals surface area contributed by atoms with Crippen molar-refractivity contribution in [1.82, 2.24) is 9.88 Å². The molecule has 1 fully saturated rings. The molecule has 0 spiro atoms. The van der Waals surface area contributed by atoms with E-state index in [1.807, 2.05) is 6.92 Å². The van der Waals surface area contributed by atoms with Gasteiger partial charge in [0.2, 0.25) is 0 Å². The molecule has 20 heavy (non-hydrogen) atoms. The van der Waals surface area contributed by atoms with Gasteiger partial charge in [-0.1, -0.05) is 0 Å². The van der Waals surface area contributed by atoms with Crippen molar-refractivity contribution in [3.8, 4) is 0 Å². The number of likely N-dealkylation sites (N-methyl/N-ethyl adjacent to an activating group) is 1. The molecular weight excluding hydrogens is 261 g/mol. The first-order chi connectivity index (χ1) is 9.69. The minimum absolute atomic E-state index is 0.0973. The van der Waals surface area contributed by atoms with Crippen molar-refractivity contribution in [1.29, 1.82) is 0 Å². The molecule has 1 aromatic heterocycles. The molecule has 0 aromatic carbocycles. The number of nitrogens with zero attached hydrogens (tertiary/aromatic N) is 2. The van der Waals surface area contributed by atoms with E-state index in [1.165, 1.54) is 12.3 Å². The lowest BCUT2D eigenvalue weighted by Crippen LogP contribution is -2.41. The molecule has 1 aliphatic rings. The molecule has 110 valence electrons. The van der Waals surface area contributed by atoms with Crippen LogP contribution in [0.4, 0.5) is 14.9 Å². The normalized spacial score (nSPS) is 18.6. The van der Waals surface area contributed by atoms with Crippen molar-refractivity contribution < 1.29 is 13.9 Å². The van der Waals surface area contributed by atoms with E-state index >= 15 is 0 Å². The van der Waals surface area contributed by atoms with E-state index in [9.17, 15) is 9.18 Å². The van der Waals surface area contributed by atoms with Crippen LogP contribution < -0.4 is 5.32 Å². The summed E-state index contributed by atoms with van der Waals surface area (Å²) < 4.78 is 18.7. The summed E-state index contributed by atoms with van der Waals surface area (Å²) in [5, 5.41) is 2.65. The van der Waals surface area contributed by atoms with Crippen LogP contribution in [0.25, 0.3) is 0 Å². The highest BCUT2D eigenvalue weighted by Gasteiger charge is 2.20. The minimum Gasteiger partial charge on any atom is -0.376 e. The smallest absolute Gasteiger partial charge is 0.321 e. The van der Waals surface area contributed by atoms with Crippen molar-refractivity contribution in [3.63, 3.8) is 0 Å². The second-order valence-electron chi connectivity index (χ2n) is 4.85. The Morgan fingerprint density at radius 3 is 3.05 bits per heavy atom. The van der Waals surface area contributed by atoms with Crippen LogP contribution in [0.15, 0.2) is 18.5 Å². The van der Waals surface area contributed by atoms with E-state index in [0.717, 1.165) is 32.1 Å². The Labute approximate surface area is 118 Å². The SMILES string of the molecule is CCN(C[C@H]1CCCCO1)C(=O)Nc1cncc(F)c1. The Kier molecular flexibility index (Phi) is 5.29. The van der Waals surface area contributed by atoms with Gasteiger partial charge in [-0.25, -0.2) is 9.18 Å². The Bertz CT molecular complexity index is 450. The monoisotopic (exact) mass is 281 g/mol. The number of halogens is 1. The maximum Gasteiger partial charge on any atom is 0.321 e. The van der Waals surface area contributed by atoms with Crippen molar-refractivity contribution in [2.45, 2.75) is 32.3 Å². The molecular formula is C14H20FN3O2. The summed E-state index contributed by atoms with van der Waals surface area (Å²) in [7, 11) is 0. The van der Waals surface area contributed by atoms with Crippen LogP contribution in [-0.2, 0) is 4.74 Å². The van der Waals surface area contributed by atoms with Crippen LogP contribution in [0, 0.1) is 5.82 Å². The fourth-order valence-corrected chi connectivity index (χ4v) is 2.24. The molecule has 2 rings (SSSR count). The number of amides is 2. The van der Waals surface area contributed by atoms with E-state index in [2.05, 4.69) is 10.3 Å². The highest BCUT2D eigenvalue weighted by molar-refractivity contribution is 5.89. The number of hydrogen-bond donors (Lipinski definition) is 1. The summed E-state index contributed by atoms with van der Waals surface area (Å²) in [5.41, 5.74) is 0.359. The third-order valence-electron chi connectivity index (χ3n) is 3.32. The first-order valence-corrected chi connectivity index (χ1v) is 6.97. The maximum atomic E-state index is 13.0. The molecule has 0 radical (unpaired) electrons. The van der Waals surface area contributed by atoms with Gasteiger partial charge in [-0.3, -0.25) is 4.98 Å². The third-order valence-corrected chi connectivity index (χ3v) is 3.32. The Balaban J connectivity index is 1.91. The molecule has 1 atom stereocenters. The highest BCUT2D eigenvalue weighted by Crippen LogP contribution is 2.15. The first kappa shape index (κ1) is 14.7. The zero-order chi connectivity index (χ0) is 14.4. The molecule has 6 heteroatoms. The predicted octanol–water partition coefficient (Wildman–Crippen LogP) is 2.64. The second kappa shape index (κ2) is 7.19. The van der Waals surface area contributed by atoms with E-state index in [0.29, 0.717) is 18.8 Å². The van der Waals surface area contributed by atoms with Gasteiger partial charge < -0.3 is 15.0 Å². The third kappa shape index (κ3) is 4.16. The van der Waals surface area contributed by atoms with Gasteiger partial charge in [0, 0.05) is 25.8 Å². The Morgan fingerprint density at radius 2 is 2.40 bits per heavy atom. The van der Waals surface area contributed by atoms with Gasteiger partial charge in [0.25, 0.3) is 0 Å². The van der Waals surface area contributed by atoms with Crippen molar-refractivity contribution in [2.75, 3.05) is 25.0 Å². The molecule has 1 saturated heterocycles. The average molecular weight is 281 g/mol. The summed E-state index contributed by atoms with van der Waals surface area (Å²) in [6, 6.07) is 0.990. The lowest BCUT2D eigenvalue weighted by Gasteiger charge is -2.29. The van der Waals surface area contributed by atoms with Crippen LogP contribution in [0.2, 0.25) is 0 Å². The largest absolute Gasteiger partial charge is 0.376 e. The first-order valence-electron chi connectivity index (χ1n) is 6.97. The van der Waals surface area contributed by atoms with Crippen LogP contribution in [0.5, 0.6) is 0 Å². The number of pyridine rings is 1. The molecule has 0 unspecified atom stereocenters. The fourth-order valence-electron chi connectivity index (χ4n) is 2.24. The van der Waals surface area contributed by atoms with Crippen LogP contribution in [-0.4, -0.2) is 41.7 Å². The van der Waals surface area contributed by atoms with E-state index in [-0.39, 0.29) is 12.1 Å². The molecule has 0 saturated carbocycles. The number of anilines is 1. The predicted molar refractivity (Wildman–Crippen MR) is 74.1 cm³/mol. The molecule has 1 aromatic rings. The molecule has 5 nitrogen and oxygen atoms in total. The quantitative estimate of drug-likeness (QED) is 0.923. The highest BCUT2D eigenvalue weighted by atomic mass is 19.1. The van der Waals surface area contributed by atoms with Gasteiger partial charge in [-0.05, 0) is 26.2 Å². The van der Waals surface area contributed by atoms with Gasteiger partial charge in [0.05, 0.1) is 24.2 Å². The molecule has 0 aliphatic carbocycles. The fraction of sp³-hybridized carbons (Fsp3) is 0.571. The van der Waals surface area contributed by atoms with Crippen molar-refractivity contribution >= 4 is 11.7 Å². The van der Waals surface area contributed by atoms with Crippen molar-refractivity contribution in [3.05, 3.63) is 24.3 Å². The molecule has 2 heterocycles. The molecule has 1 aliphatic heterocycles. The summed E-state index contributed by atoms with van der Waals surface area (Å²) in [6.07, 6.45) is 5.82. The van der Waals surface area contributed by atoms with Crippen LogP contribution in [0.1, 0.15) is 26.2 Å². The Morgan fingerprint density at radius 1 is 1.55 bits per heavy atom. The summed E-state index contributed by atoms with van der Waals surface area (Å²) in [4.78, 5) is 17.5. The van der Waals surface area contributed by atoms with E-state index < -0.39 is 5.82 Å². The molecule has 1 N–H and O–H groups in total. The summed E-state index contributed by atoms with van der Waals surface area (Å²) in [5.74, 6) is -0.471. The van der Waals surface area contributed by atoms with Crippen LogP contribution >= 0.6 is 0 Å². The number of aromatic nitrogens is 1. The number of urea groups is 1. The second-order valence-corrected chi connectivity index (χ2v) is 4.85. The standard InChI is InChI=1S/C14H20FN3O2/c1-2-18(10-13-5-3-4-6-20-13)14(19)17-12-7-11(15)8-16-9-12/h7-9,13H,2-6,10H2,1H3,(H,17,19)/t13-/m1/s1. The lowest BCUT2D eigenvalue weighted by atomic mass is 10.1. The average Bonchev–Trinajstić information content (AvgIpc) is 2.45. The number of carbonyl (C=O) groups excluding carboxylic acids is 1. The Hall–Kier alpha value is -1.69. The topological polar surface area (TPSA) is 54.5 Å².